The molecule has 0 aliphatic rings. The predicted molar refractivity (Wildman–Crippen MR) is 80.4 cm³/mol. The zero-order valence-corrected chi connectivity index (χ0v) is 12.3. The third-order valence-corrected chi connectivity index (χ3v) is 2.94. The highest BCUT2D eigenvalue weighted by Crippen LogP contribution is 2.29. The van der Waals surface area contributed by atoms with Gasteiger partial charge in [0.1, 0.15) is 11.4 Å². The minimum absolute atomic E-state index is 0.125. The van der Waals surface area contributed by atoms with E-state index in [-0.39, 0.29) is 11.4 Å². The maximum absolute atomic E-state index is 11.9. The van der Waals surface area contributed by atoms with Crippen LogP contribution in [0.25, 0.3) is 0 Å². The molecule has 0 fully saturated rings. The summed E-state index contributed by atoms with van der Waals surface area (Å²) in [5.41, 5.74) is 5.66. The average molecular weight is 295 g/mol. The minimum atomic E-state index is -0.670. The van der Waals surface area contributed by atoms with Crippen molar-refractivity contribution in [1.29, 1.82) is 0 Å². The van der Waals surface area contributed by atoms with Gasteiger partial charge in [0.15, 0.2) is 0 Å². The second-order valence-corrected chi connectivity index (χ2v) is 4.61. The van der Waals surface area contributed by atoms with Gasteiger partial charge in [0.2, 0.25) is 5.91 Å². The second kappa shape index (κ2) is 8.21. The van der Waals surface area contributed by atoms with Crippen LogP contribution in [0.2, 0.25) is 0 Å². The first kappa shape index (κ1) is 16.9. The number of nitro groups is 1. The molecule has 0 bridgehead atoms. The third-order valence-electron chi connectivity index (χ3n) is 2.94. The standard InChI is InChI=1S/C14H21N3O4/c1-3-5-6-11(15)14(18)16-12-8-7-10(21-4-2)9-13(12)17(19)20/h7-9,11H,3-6,15H2,1-2H3,(H,16,18)/t11-/m0/s1. The highest BCUT2D eigenvalue weighted by Gasteiger charge is 2.20. The number of nitrogens with zero attached hydrogens (tertiary/aromatic N) is 1. The summed E-state index contributed by atoms with van der Waals surface area (Å²) in [5.74, 6) is -0.0341. The normalized spacial score (nSPS) is 11.8. The van der Waals surface area contributed by atoms with Crippen LogP contribution in [0.1, 0.15) is 33.1 Å². The summed E-state index contributed by atoms with van der Waals surface area (Å²) < 4.78 is 5.22. The van der Waals surface area contributed by atoms with Crippen molar-refractivity contribution >= 4 is 17.3 Å². The van der Waals surface area contributed by atoms with E-state index in [4.69, 9.17) is 10.5 Å². The van der Waals surface area contributed by atoms with Crippen LogP contribution in [0.3, 0.4) is 0 Å². The van der Waals surface area contributed by atoms with Crippen LogP contribution in [0.4, 0.5) is 11.4 Å². The van der Waals surface area contributed by atoms with Crippen molar-refractivity contribution in [2.75, 3.05) is 11.9 Å². The molecule has 1 atom stereocenters. The number of nitrogens with two attached hydrogens (primary N) is 1. The van der Waals surface area contributed by atoms with Gasteiger partial charge in [-0.05, 0) is 25.5 Å². The molecule has 1 rings (SSSR count). The Balaban J connectivity index is 2.86. The quantitative estimate of drug-likeness (QED) is 0.565. The molecule has 0 aliphatic heterocycles. The number of hydrogen-bond acceptors (Lipinski definition) is 5. The third kappa shape index (κ3) is 5.03. The molecule has 1 aromatic carbocycles. The SMILES string of the molecule is CCCC[C@H](N)C(=O)Nc1ccc(OCC)cc1[N+](=O)[O-]. The van der Waals surface area contributed by atoms with Crippen LogP contribution < -0.4 is 15.8 Å². The van der Waals surface area contributed by atoms with Crippen LogP contribution in [-0.4, -0.2) is 23.5 Å². The Morgan fingerprint density at radius 2 is 2.19 bits per heavy atom. The van der Waals surface area contributed by atoms with Gasteiger partial charge in [-0.1, -0.05) is 19.8 Å². The van der Waals surface area contributed by atoms with Crippen molar-refractivity contribution in [3.8, 4) is 5.75 Å². The van der Waals surface area contributed by atoms with Crippen molar-refractivity contribution in [1.82, 2.24) is 0 Å². The van der Waals surface area contributed by atoms with Crippen molar-refractivity contribution in [2.45, 2.75) is 39.2 Å². The summed E-state index contributed by atoms with van der Waals surface area (Å²) in [5, 5.41) is 13.6. The lowest BCUT2D eigenvalue weighted by Gasteiger charge is -2.12. The molecule has 21 heavy (non-hydrogen) atoms. The van der Waals surface area contributed by atoms with E-state index >= 15 is 0 Å². The number of benzene rings is 1. The molecule has 0 saturated carbocycles. The van der Waals surface area contributed by atoms with Gasteiger partial charge in [0, 0.05) is 0 Å². The van der Waals surface area contributed by atoms with Gasteiger partial charge >= 0.3 is 0 Å². The van der Waals surface area contributed by atoms with Gasteiger partial charge in [-0.3, -0.25) is 14.9 Å². The van der Waals surface area contributed by atoms with Gasteiger partial charge in [-0.2, -0.15) is 0 Å². The van der Waals surface area contributed by atoms with Crippen molar-refractivity contribution in [3.63, 3.8) is 0 Å². The number of rotatable bonds is 8. The molecule has 1 amide bonds. The summed E-state index contributed by atoms with van der Waals surface area (Å²) in [7, 11) is 0. The second-order valence-electron chi connectivity index (χ2n) is 4.61. The number of hydrogen-bond donors (Lipinski definition) is 2. The lowest BCUT2D eigenvalue weighted by Crippen LogP contribution is -2.35. The number of anilines is 1. The number of carbonyl (C=O) groups is 1. The molecule has 0 aromatic heterocycles. The Morgan fingerprint density at radius 1 is 1.48 bits per heavy atom. The fourth-order valence-corrected chi connectivity index (χ4v) is 1.81. The Labute approximate surface area is 123 Å². The number of nitro benzene ring substituents is 1. The Kier molecular flexibility index (Phi) is 6.61. The van der Waals surface area contributed by atoms with E-state index in [9.17, 15) is 14.9 Å². The number of unbranched alkanes of at least 4 members (excludes halogenated alkanes) is 1. The number of ether oxygens (including phenoxy) is 1. The largest absolute Gasteiger partial charge is 0.494 e. The monoisotopic (exact) mass is 295 g/mol. The molecule has 1 aromatic rings. The Bertz CT molecular complexity index is 505. The average Bonchev–Trinajstić information content (AvgIpc) is 2.46. The molecule has 0 spiro atoms. The summed E-state index contributed by atoms with van der Waals surface area (Å²) in [6.07, 6.45) is 2.32. The van der Waals surface area contributed by atoms with Crippen LogP contribution in [0.15, 0.2) is 18.2 Å². The molecular weight excluding hydrogens is 274 g/mol. The van der Waals surface area contributed by atoms with E-state index in [0.29, 0.717) is 18.8 Å². The van der Waals surface area contributed by atoms with Crippen molar-refractivity contribution < 1.29 is 14.5 Å². The fourth-order valence-electron chi connectivity index (χ4n) is 1.81. The van der Waals surface area contributed by atoms with Gasteiger partial charge in [-0.15, -0.1) is 0 Å². The zero-order valence-electron chi connectivity index (χ0n) is 12.3. The Hall–Kier alpha value is -2.15. The van der Waals surface area contributed by atoms with E-state index in [0.717, 1.165) is 12.8 Å². The summed E-state index contributed by atoms with van der Waals surface area (Å²) in [6, 6.07) is 3.64. The van der Waals surface area contributed by atoms with Gasteiger partial charge in [0.25, 0.3) is 5.69 Å². The molecule has 7 heteroatoms. The van der Waals surface area contributed by atoms with Crippen LogP contribution in [0.5, 0.6) is 5.75 Å². The van der Waals surface area contributed by atoms with E-state index < -0.39 is 16.9 Å². The summed E-state index contributed by atoms with van der Waals surface area (Å²) >= 11 is 0. The highest BCUT2D eigenvalue weighted by atomic mass is 16.6. The minimum Gasteiger partial charge on any atom is -0.494 e. The van der Waals surface area contributed by atoms with Crippen LogP contribution in [-0.2, 0) is 4.79 Å². The van der Waals surface area contributed by atoms with Gasteiger partial charge < -0.3 is 15.8 Å². The number of nitrogens with one attached hydrogen (secondary N) is 1. The van der Waals surface area contributed by atoms with E-state index in [1.807, 2.05) is 6.92 Å². The first-order chi connectivity index (χ1) is 9.99. The summed E-state index contributed by atoms with van der Waals surface area (Å²) in [6.45, 7) is 4.20. The molecule has 0 aliphatic carbocycles. The van der Waals surface area contributed by atoms with Crippen molar-refractivity contribution in [2.24, 2.45) is 5.73 Å². The predicted octanol–water partition coefficient (Wildman–Crippen LogP) is 2.45. The molecule has 7 nitrogen and oxygen atoms in total. The van der Waals surface area contributed by atoms with Gasteiger partial charge in [-0.25, -0.2) is 0 Å². The first-order valence-electron chi connectivity index (χ1n) is 6.97. The van der Waals surface area contributed by atoms with E-state index in [2.05, 4.69) is 5.32 Å². The molecule has 3 N–H and O–H groups in total. The molecule has 0 unspecified atom stereocenters. The van der Waals surface area contributed by atoms with E-state index in [1.165, 1.54) is 12.1 Å². The van der Waals surface area contributed by atoms with Gasteiger partial charge in [0.05, 0.1) is 23.6 Å². The van der Waals surface area contributed by atoms with Crippen LogP contribution >= 0.6 is 0 Å². The lowest BCUT2D eigenvalue weighted by atomic mass is 10.1. The van der Waals surface area contributed by atoms with E-state index in [1.54, 1.807) is 13.0 Å². The topological polar surface area (TPSA) is 107 Å². The summed E-state index contributed by atoms with van der Waals surface area (Å²) in [4.78, 5) is 22.4. The molecule has 0 radical (unpaired) electrons. The smallest absolute Gasteiger partial charge is 0.296 e. The maximum Gasteiger partial charge on any atom is 0.296 e. The molecular formula is C14H21N3O4. The fraction of sp³-hybridized carbons (Fsp3) is 0.500. The molecule has 0 heterocycles. The highest BCUT2D eigenvalue weighted by molar-refractivity contribution is 5.96. The molecule has 116 valence electrons. The number of amides is 1. The zero-order chi connectivity index (χ0) is 15.8. The number of carbonyl (C=O) groups excluding carboxylic acids is 1. The van der Waals surface area contributed by atoms with Crippen LogP contribution in [0, 0.1) is 10.1 Å². The maximum atomic E-state index is 11.9. The Morgan fingerprint density at radius 3 is 2.76 bits per heavy atom. The van der Waals surface area contributed by atoms with Crippen molar-refractivity contribution in [3.05, 3.63) is 28.3 Å². The molecule has 0 saturated heterocycles. The first-order valence-corrected chi connectivity index (χ1v) is 6.97. The lowest BCUT2D eigenvalue weighted by molar-refractivity contribution is -0.384.